The molecule has 2 saturated heterocycles. The number of hydrogen-bond acceptors (Lipinski definition) is 10. The molecule has 2 aromatic carbocycles. The zero-order valence-electron chi connectivity index (χ0n) is 26.5. The number of nitrogens with zero attached hydrogens (tertiary/aromatic N) is 1. The number of aliphatic hydroxyl groups excluding tert-OH is 1. The number of anilines is 1. The molecule has 0 radical (unpaired) electrons. The van der Waals surface area contributed by atoms with Gasteiger partial charge in [-0.1, -0.05) is 50.2 Å². The number of rotatable bonds is 16. The molecule has 0 spiro atoms. The Kier molecular flexibility index (Phi) is 12.1. The summed E-state index contributed by atoms with van der Waals surface area (Å²) in [4.78, 5) is 13.1. The minimum absolute atomic E-state index is 0.00501. The third-order valence-corrected chi connectivity index (χ3v) is 10.7. The Labute approximate surface area is 271 Å². The Bertz CT molecular complexity index is 1520. The third kappa shape index (κ3) is 10.4. The van der Waals surface area contributed by atoms with Crippen molar-refractivity contribution in [1.29, 1.82) is 0 Å². The summed E-state index contributed by atoms with van der Waals surface area (Å²) in [7, 11) is -7.52. The predicted molar refractivity (Wildman–Crippen MR) is 173 cm³/mol. The van der Waals surface area contributed by atoms with Crippen LogP contribution >= 0.6 is 0 Å². The lowest BCUT2D eigenvalue weighted by molar-refractivity contribution is -0.0907. The van der Waals surface area contributed by atoms with Gasteiger partial charge in [-0.3, -0.25) is 0 Å². The van der Waals surface area contributed by atoms with Gasteiger partial charge in [0, 0.05) is 25.3 Å². The molecule has 256 valence electrons. The van der Waals surface area contributed by atoms with E-state index in [4.69, 9.17) is 19.9 Å². The van der Waals surface area contributed by atoms with Crippen LogP contribution in [0.15, 0.2) is 59.5 Å². The molecule has 0 unspecified atom stereocenters. The van der Waals surface area contributed by atoms with Crippen molar-refractivity contribution in [2.75, 3.05) is 44.8 Å². The summed E-state index contributed by atoms with van der Waals surface area (Å²) >= 11 is 0. The maximum atomic E-state index is 14.0. The highest BCUT2D eigenvalue weighted by Crippen LogP contribution is 2.33. The van der Waals surface area contributed by atoms with E-state index in [2.05, 4.69) is 10.0 Å². The summed E-state index contributed by atoms with van der Waals surface area (Å²) in [5.41, 5.74) is 6.40. The van der Waals surface area contributed by atoms with Gasteiger partial charge in [-0.25, -0.2) is 26.4 Å². The minimum Gasteiger partial charge on any atom is -0.443 e. The first-order chi connectivity index (χ1) is 21.6. The van der Waals surface area contributed by atoms with Gasteiger partial charge in [-0.2, -0.15) is 4.31 Å². The van der Waals surface area contributed by atoms with Crippen LogP contribution in [-0.4, -0.2) is 96.0 Å². The number of amides is 1. The number of nitrogen functional groups attached to an aromatic ring is 1. The van der Waals surface area contributed by atoms with Crippen LogP contribution in [0.5, 0.6) is 0 Å². The first-order valence-corrected chi connectivity index (χ1v) is 18.7. The molecule has 46 heavy (non-hydrogen) atoms. The van der Waals surface area contributed by atoms with Crippen molar-refractivity contribution < 1.29 is 40.9 Å². The van der Waals surface area contributed by atoms with Crippen molar-refractivity contribution in [1.82, 2.24) is 14.3 Å². The Morgan fingerprint density at radius 3 is 2.57 bits per heavy atom. The number of nitrogens with two attached hydrogens (primary N) is 1. The first-order valence-electron chi connectivity index (χ1n) is 15.4. The smallest absolute Gasteiger partial charge is 0.407 e. The van der Waals surface area contributed by atoms with E-state index in [-0.39, 0.29) is 49.2 Å². The number of nitrogens with one attached hydrogen (secondary N) is 2. The van der Waals surface area contributed by atoms with E-state index in [1.807, 2.05) is 44.2 Å². The Morgan fingerprint density at radius 1 is 1.13 bits per heavy atom. The van der Waals surface area contributed by atoms with Gasteiger partial charge in [-0.15, -0.1) is 0 Å². The second-order valence-corrected chi connectivity index (χ2v) is 16.6. The van der Waals surface area contributed by atoms with E-state index in [0.29, 0.717) is 25.9 Å². The van der Waals surface area contributed by atoms with E-state index >= 15 is 0 Å². The topological polar surface area (TPSA) is 187 Å². The second kappa shape index (κ2) is 15.4. The van der Waals surface area contributed by atoms with Gasteiger partial charge in [0.05, 0.1) is 42.4 Å². The Morgan fingerprint density at radius 2 is 1.87 bits per heavy atom. The highest BCUT2D eigenvalue weighted by Gasteiger charge is 2.44. The minimum atomic E-state index is -4.16. The average Bonchev–Trinajstić information content (AvgIpc) is 3.60. The summed E-state index contributed by atoms with van der Waals surface area (Å²) in [6, 6.07) is 14.3. The summed E-state index contributed by atoms with van der Waals surface area (Å²) in [6.07, 6.45) is -0.0379. The van der Waals surface area contributed by atoms with Crippen LogP contribution in [0.3, 0.4) is 0 Å². The molecule has 15 heteroatoms. The fourth-order valence-corrected chi connectivity index (χ4v) is 8.03. The van der Waals surface area contributed by atoms with E-state index in [0.717, 1.165) is 11.8 Å². The fraction of sp³-hybridized carbons (Fsp3) is 0.581. The number of sulfonamides is 2. The van der Waals surface area contributed by atoms with Crippen molar-refractivity contribution in [2.24, 2.45) is 11.3 Å². The summed E-state index contributed by atoms with van der Waals surface area (Å²) in [5.74, 6) is -0.0722. The zero-order chi connectivity index (χ0) is 33.5. The van der Waals surface area contributed by atoms with Gasteiger partial charge in [0.1, 0.15) is 6.10 Å². The molecule has 0 aromatic heterocycles. The van der Waals surface area contributed by atoms with Gasteiger partial charge in [0.15, 0.2) is 6.29 Å². The number of benzene rings is 2. The molecule has 0 bridgehead atoms. The molecule has 2 heterocycles. The maximum absolute atomic E-state index is 14.0. The molecule has 5 N–H and O–H groups in total. The number of alkyl carbamates (subject to hydrolysis) is 1. The molecule has 0 aliphatic carbocycles. The number of aliphatic hydroxyl groups is 1. The lowest BCUT2D eigenvalue weighted by Crippen LogP contribution is -2.52. The molecular formula is C31H46N4O9S2. The van der Waals surface area contributed by atoms with Crippen molar-refractivity contribution in [3.8, 4) is 0 Å². The van der Waals surface area contributed by atoms with Crippen molar-refractivity contribution in [2.45, 2.75) is 69.0 Å². The SMILES string of the molecule is CC(C)(CCCNS(C)(=O)=O)CN(C[C@@H](O)[C@H](Cc1ccccc1)NC(=O)O[C@H]1CO[C@H]2OCC[C@H]21)S(=O)(=O)c1cccc(N)c1. The maximum Gasteiger partial charge on any atom is 0.407 e. The highest BCUT2D eigenvalue weighted by molar-refractivity contribution is 7.89. The molecule has 2 aromatic rings. The molecule has 2 aliphatic heterocycles. The summed E-state index contributed by atoms with van der Waals surface area (Å²) in [5, 5.41) is 14.4. The van der Waals surface area contributed by atoms with E-state index < -0.39 is 56.1 Å². The van der Waals surface area contributed by atoms with Gasteiger partial charge in [-0.05, 0) is 54.9 Å². The lowest BCUT2D eigenvalue weighted by atomic mass is 9.87. The normalized spacial score (nSPS) is 21.5. The van der Waals surface area contributed by atoms with Gasteiger partial charge >= 0.3 is 6.09 Å². The van der Waals surface area contributed by atoms with Crippen molar-refractivity contribution >= 4 is 31.8 Å². The van der Waals surface area contributed by atoms with Crippen LogP contribution < -0.4 is 15.8 Å². The van der Waals surface area contributed by atoms with E-state index in [1.165, 1.54) is 16.4 Å². The van der Waals surface area contributed by atoms with Crippen LogP contribution in [0.25, 0.3) is 0 Å². The fourth-order valence-electron chi connectivity index (χ4n) is 5.81. The van der Waals surface area contributed by atoms with Crippen molar-refractivity contribution in [3.05, 3.63) is 60.2 Å². The second-order valence-electron chi connectivity index (χ2n) is 12.8. The van der Waals surface area contributed by atoms with Gasteiger partial charge in [0.25, 0.3) is 0 Å². The quantitative estimate of drug-likeness (QED) is 0.151. The monoisotopic (exact) mass is 682 g/mol. The van der Waals surface area contributed by atoms with Crippen LogP contribution in [-0.2, 0) is 40.7 Å². The highest BCUT2D eigenvalue weighted by atomic mass is 32.2. The van der Waals surface area contributed by atoms with Crippen molar-refractivity contribution in [3.63, 3.8) is 0 Å². The number of carbonyl (C=O) groups is 1. The van der Waals surface area contributed by atoms with Gasteiger partial charge < -0.3 is 30.4 Å². The average molecular weight is 683 g/mol. The molecule has 2 aliphatic rings. The predicted octanol–water partition coefficient (Wildman–Crippen LogP) is 2.07. The number of hydrogen-bond donors (Lipinski definition) is 4. The standard InChI is InChI=1S/C31H46N4O9S2/c1-31(2,14-8-15-33-45(3,38)39)21-35(46(40,41)24-12-7-11-23(32)18-24)19-27(36)26(17-22-9-5-4-6-10-22)34-30(37)44-28-20-43-29-25(28)13-16-42-29/h4-7,9-12,18,25-29,33,36H,8,13-17,19-21,32H2,1-3H3,(H,34,37)/t25-,26-,27+,28-,29+/m0/s1. The first kappa shape index (κ1) is 36.1. The van der Waals surface area contributed by atoms with Crippen LogP contribution in [0.4, 0.5) is 10.5 Å². The summed E-state index contributed by atoms with van der Waals surface area (Å²) < 4.78 is 71.5. The van der Waals surface area contributed by atoms with Crippen LogP contribution in [0.1, 0.15) is 38.7 Å². The molecule has 1 amide bonds. The molecule has 5 atom stereocenters. The Balaban J connectivity index is 1.54. The molecule has 13 nitrogen and oxygen atoms in total. The molecular weight excluding hydrogens is 636 g/mol. The summed E-state index contributed by atoms with van der Waals surface area (Å²) in [6.45, 7) is 4.35. The van der Waals surface area contributed by atoms with Crippen LogP contribution in [0, 0.1) is 11.3 Å². The van der Waals surface area contributed by atoms with E-state index in [1.54, 1.807) is 12.1 Å². The molecule has 4 rings (SSSR count). The molecule has 2 fully saturated rings. The third-order valence-electron chi connectivity index (χ3n) is 8.20. The van der Waals surface area contributed by atoms with E-state index in [9.17, 15) is 26.7 Å². The zero-order valence-corrected chi connectivity index (χ0v) is 28.1. The number of fused-ring (bicyclic) bond motifs is 1. The lowest BCUT2D eigenvalue weighted by Gasteiger charge is -2.35. The number of ether oxygens (including phenoxy) is 3. The molecule has 0 saturated carbocycles. The Hall–Kier alpha value is -2.79. The largest absolute Gasteiger partial charge is 0.443 e. The van der Waals surface area contributed by atoms with Gasteiger partial charge in [0.2, 0.25) is 20.0 Å². The number of carbonyl (C=O) groups excluding carboxylic acids is 1. The van der Waals surface area contributed by atoms with Crippen LogP contribution in [0.2, 0.25) is 0 Å².